The van der Waals surface area contributed by atoms with Crippen molar-refractivity contribution in [2.75, 3.05) is 32.7 Å². The van der Waals surface area contributed by atoms with Crippen molar-refractivity contribution in [2.45, 2.75) is 26.2 Å². The van der Waals surface area contributed by atoms with Gasteiger partial charge < -0.3 is 20.2 Å². The Morgan fingerprint density at radius 2 is 1.63 bits per heavy atom. The maximum Gasteiger partial charge on any atom is 0.317 e. The van der Waals surface area contributed by atoms with Crippen LogP contribution < -0.4 is 5.32 Å². The summed E-state index contributed by atoms with van der Waals surface area (Å²) in [6, 6.07) is -0.0968. The van der Waals surface area contributed by atoms with Crippen LogP contribution in [0.1, 0.15) is 26.2 Å². The Bertz CT molecular complexity index is 338. The molecule has 7 nitrogen and oxygen atoms in total. The van der Waals surface area contributed by atoms with Crippen molar-refractivity contribution in [3.8, 4) is 0 Å². The van der Waals surface area contributed by atoms with Gasteiger partial charge in [-0.15, -0.1) is 0 Å². The smallest absolute Gasteiger partial charge is 0.317 e. The van der Waals surface area contributed by atoms with Gasteiger partial charge in [-0.05, 0) is 13.3 Å². The van der Waals surface area contributed by atoms with Gasteiger partial charge in [-0.3, -0.25) is 9.59 Å². The highest BCUT2D eigenvalue weighted by Gasteiger charge is 2.23. The van der Waals surface area contributed by atoms with Crippen LogP contribution in [0.3, 0.4) is 0 Å². The zero-order valence-electron chi connectivity index (χ0n) is 11.2. The fraction of sp³-hybridized carbons (Fsp3) is 0.750. The number of rotatable bonds is 5. The monoisotopic (exact) mass is 271 g/mol. The van der Waals surface area contributed by atoms with Crippen LogP contribution in [0.4, 0.5) is 4.79 Å². The zero-order chi connectivity index (χ0) is 14.3. The molecule has 0 aromatic carbocycles. The van der Waals surface area contributed by atoms with Gasteiger partial charge in [0.2, 0.25) is 5.91 Å². The number of carbonyl (C=O) groups is 3. The molecular formula is C12H21N3O4. The first-order chi connectivity index (χ1) is 9.04. The van der Waals surface area contributed by atoms with Gasteiger partial charge in [0.05, 0.1) is 0 Å². The van der Waals surface area contributed by atoms with E-state index in [-0.39, 0.29) is 24.8 Å². The van der Waals surface area contributed by atoms with E-state index in [0.29, 0.717) is 39.1 Å². The van der Waals surface area contributed by atoms with E-state index in [1.54, 1.807) is 9.80 Å². The van der Waals surface area contributed by atoms with Crippen LogP contribution in [0.2, 0.25) is 0 Å². The summed E-state index contributed by atoms with van der Waals surface area (Å²) in [6.07, 6.45) is 0.642. The van der Waals surface area contributed by atoms with Crippen molar-refractivity contribution in [1.29, 1.82) is 0 Å². The Kier molecular flexibility index (Phi) is 6.11. The third-order valence-electron chi connectivity index (χ3n) is 3.03. The number of carbonyl (C=O) groups excluding carboxylic acids is 2. The second-order valence-corrected chi connectivity index (χ2v) is 4.45. The van der Waals surface area contributed by atoms with Gasteiger partial charge in [-0.1, -0.05) is 0 Å². The second-order valence-electron chi connectivity index (χ2n) is 4.45. The SMILES string of the molecule is CCNC(=O)N1CCN(C(=O)CCCC(=O)O)CC1. The zero-order valence-corrected chi connectivity index (χ0v) is 11.2. The molecule has 3 amide bonds. The number of hydrogen-bond donors (Lipinski definition) is 2. The largest absolute Gasteiger partial charge is 0.481 e. The van der Waals surface area contributed by atoms with E-state index in [1.165, 1.54) is 0 Å². The van der Waals surface area contributed by atoms with E-state index in [1.807, 2.05) is 6.92 Å². The number of nitrogens with one attached hydrogen (secondary N) is 1. The Balaban J connectivity index is 2.27. The first kappa shape index (κ1) is 15.3. The minimum atomic E-state index is -0.881. The molecular weight excluding hydrogens is 250 g/mol. The molecule has 1 saturated heterocycles. The van der Waals surface area contributed by atoms with Crippen molar-refractivity contribution in [1.82, 2.24) is 15.1 Å². The summed E-state index contributed by atoms with van der Waals surface area (Å²) in [4.78, 5) is 37.1. The molecule has 0 atom stereocenters. The molecule has 0 aliphatic carbocycles. The minimum Gasteiger partial charge on any atom is -0.481 e. The molecule has 0 unspecified atom stereocenters. The number of amides is 3. The van der Waals surface area contributed by atoms with Crippen LogP contribution >= 0.6 is 0 Å². The first-order valence-corrected chi connectivity index (χ1v) is 6.57. The van der Waals surface area contributed by atoms with Gasteiger partial charge in [-0.2, -0.15) is 0 Å². The molecule has 108 valence electrons. The number of carboxylic acid groups (broad SMARTS) is 1. The van der Waals surface area contributed by atoms with Crippen LogP contribution in [-0.2, 0) is 9.59 Å². The third-order valence-corrected chi connectivity index (χ3v) is 3.03. The van der Waals surface area contributed by atoms with E-state index in [0.717, 1.165) is 0 Å². The molecule has 1 heterocycles. The van der Waals surface area contributed by atoms with Crippen molar-refractivity contribution in [3.63, 3.8) is 0 Å². The number of aliphatic carboxylic acids is 1. The van der Waals surface area contributed by atoms with E-state index in [9.17, 15) is 14.4 Å². The number of carboxylic acids is 1. The molecule has 1 fully saturated rings. The summed E-state index contributed by atoms with van der Waals surface area (Å²) in [5, 5.41) is 11.2. The molecule has 0 bridgehead atoms. The second kappa shape index (κ2) is 7.60. The van der Waals surface area contributed by atoms with E-state index >= 15 is 0 Å². The summed E-state index contributed by atoms with van der Waals surface area (Å²) in [5.74, 6) is -0.911. The summed E-state index contributed by atoms with van der Waals surface area (Å²) >= 11 is 0. The standard InChI is InChI=1S/C12H21N3O4/c1-2-13-12(19)15-8-6-14(7-9-15)10(16)4-3-5-11(17)18/h2-9H2,1H3,(H,13,19)(H,17,18). The molecule has 19 heavy (non-hydrogen) atoms. The van der Waals surface area contributed by atoms with Crippen molar-refractivity contribution < 1.29 is 19.5 Å². The molecule has 2 N–H and O–H groups in total. The third kappa shape index (κ3) is 5.15. The maximum absolute atomic E-state index is 11.8. The van der Waals surface area contributed by atoms with Gasteiger partial charge in [0.15, 0.2) is 0 Å². The van der Waals surface area contributed by atoms with Crippen molar-refractivity contribution in [3.05, 3.63) is 0 Å². The topological polar surface area (TPSA) is 90.0 Å². The summed E-state index contributed by atoms with van der Waals surface area (Å²) in [7, 11) is 0. The summed E-state index contributed by atoms with van der Waals surface area (Å²) in [5.41, 5.74) is 0. The van der Waals surface area contributed by atoms with Gasteiger partial charge >= 0.3 is 12.0 Å². The Morgan fingerprint density at radius 1 is 1.05 bits per heavy atom. The quantitative estimate of drug-likeness (QED) is 0.743. The fourth-order valence-electron chi connectivity index (χ4n) is 1.97. The molecule has 1 aliphatic heterocycles. The number of urea groups is 1. The number of hydrogen-bond acceptors (Lipinski definition) is 3. The van der Waals surface area contributed by atoms with E-state index in [2.05, 4.69) is 5.32 Å². The van der Waals surface area contributed by atoms with Crippen LogP contribution in [0.5, 0.6) is 0 Å². The highest BCUT2D eigenvalue weighted by molar-refractivity contribution is 5.78. The highest BCUT2D eigenvalue weighted by Crippen LogP contribution is 2.06. The minimum absolute atomic E-state index is 0.0185. The fourth-order valence-corrected chi connectivity index (χ4v) is 1.97. The molecule has 1 aliphatic rings. The molecule has 1 rings (SSSR count). The van der Waals surface area contributed by atoms with Crippen molar-refractivity contribution >= 4 is 17.9 Å². The lowest BCUT2D eigenvalue weighted by atomic mass is 10.2. The van der Waals surface area contributed by atoms with Gasteiger partial charge in [0, 0.05) is 45.6 Å². The molecule has 0 radical (unpaired) electrons. The molecule has 0 saturated carbocycles. The van der Waals surface area contributed by atoms with Crippen LogP contribution in [0.25, 0.3) is 0 Å². The summed E-state index contributed by atoms with van der Waals surface area (Å²) in [6.45, 7) is 4.53. The van der Waals surface area contributed by atoms with E-state index < -0.39 is 5.97 Å². The van der Waals surface area contributed by atoms with Gasteiger partial charge in [0.25, 0.3) is 0 Å². The molecule has 0 aromatic rings. The Hall–Kier alpha value is -1.79. The Morgan fingerprint density at radius 3 is 2.16 bits per heavy atom. The lowest BCUT2D eigenvalue weighted by Crippen LogP contribution is -2.53. The van der Waals surface area contributed by atoms with Gasteiger partial charge in [-0.25, -0.2) is 4.79 Å². The van der Waals surface area contributed by atoms with Gasteiger partial charge in [0.1, 0.15) is 0 Å². The van der Waals surface area contributed by atoms with Crippen molar-refractivity contribution in [2.24, 2.45) is 0 Å². The highest BCUT2D eigenvalue weighted by atomic mass is 16.4. The molecule has 0 spiro atoms. The van der Waals surface area contributed by atoms with E-state index in [4.69, 9.17) is 5.11 Å². The molecule has 7 heteroatoms. The average Bonchev–Trinajstić information content (AvgIpc) is 2.38. The van der Waals surface area contributed by atoms with Crippen LogP contribution in [0.15, 0.2) is 0 Å². The lowest BCUT2D eigenvalue weighted by molar-refractivity contribution is -0.137. The Labute approximate surface area is 112 Å². The molecule has 0 aromatic heterocycles. The van der Waals surface area contributed by atoms with Crippen LogP contribution in [-0.4, -0.2) is 65.5 Å². The predicted octanol–water partition coefficient (Wildman–Crippen LogP) is 0.115. The van der Waals surface area contributed by atoms with Crippen LogP contribution in [0, 0.1) is 0 Å². The normalized spacial score (nSPS) is 15.2. The number of nitrogens with zero attached hydrogens (tertiary/aromatic N) is 2. The summed E-state index contributed by atoms with van der Waals surface area (Å²) < 4.78 is 0. The maximum atomic E-state index is 11.8. The predicted molar refractivity (Wildman–Crippen MR) is 68.7 cm³/mol. The number of piperazine rings is 1. The first-order valence-electron chi connectivity index (χ1n) is 6.57. The average molecular weight is 271 g/mol. The lowest BCUT2D eigenvalue weighted by Gasteiger charge is -2.34.